The number of nitrogens with zero attached hydrogens (tertiary/aromatic N) is 5. The van der Waals surface area contributed by atoms with E-state index in [0.29, 0.717) is 40.1 Å². The third-order valence-electron chi connectivity index (χ3n) is 5.77. The molecule has 0 saturated carbocycles. The Bertz CT molecular complexity index is 1090. The maximum Gasteiger partial charge on any atom is 0.253 e. The molecule has 1 fully saturated rings. The van der Waals surface area contributed by atoms with Crippen molar-refractivity contribution in [3.8, 4) is 11.4 Å². The van der Waals surface area contributed by atoms with Gasteiger partial charge in [-0.25, -0.2) is 9.50 Å². The van der Waals surface area contributed by atoms with E-state index in [0.717, 1.165) is 42.9 Å². The van der Waals surface area contributed by atoms with E-state index < -0.39 is 0 Å². The average molecular weight is 446 g/mol. The number of carbonyl (C=O) groups excluding carboxylic acids is 1. The summed E-state index contributed by atoms with van der Waals surface area (Å²) in [4.78, 5) is 23.9. The summed E-state index contributed by atoms with van der Waals surface area (Å²) in [6.07, 6.45) is 5.77. The van der Waals surface area contributed by atoms with Crippen molar-refractivity contribution in [1.82, 2.24) is 24.5 Å². The fourth-order valence-corrected chi connectivity index (χ4v) is 4.56. The largest absolute Gasteiger partial charge is 0.343 e. The Morgan fingerprint density at radius 3 is 2.50 bits per heavy atom. The minimum atomic E-state index is 0.225. The van der Waals surface area contributed by atoms with Crippen molar-refractivity contribution in [2.75, 3.05) is 13.1 Å². The fourth-order valence-electron chi connectivity index (χ4n) is 4.07. The quantitative estimate of drug-likeness (QED) is 0.563. The smallest absolute Gasteiger partial charge is 0.253 e. The van der Waals surface area contributed by atoms with Crippen LogP contribution in [0.3, 0.4) is 0 Å². The number of hydrogen-bond acceptors (Lipinski definition) is 4. The monoisotopic (exact) mass is 445 g/mol. The van der Waals surface area contributed by atoms with Gasteiger partial charge in [0, 0.05) is 41.5 Å². The molecular formula is C22H25Cl2N5O. The molecule has 1 aliphatic rings. The van der Waals surface area contributed by atoms with Crippen molar-refractivity contribution in [3.63, 3.8) is 0 Å². The summed E-state index contributed by atoms with van der Waals surface area (Å²) >= 11 is 12.3. The van der Waals surface area contributed by atoms with Crippen molar-refractivity contribution in [1.29, 1.82) is 0 Å². The molecule has 1 aromatic carbocycles. The van der Waals surface area contributed by atoms with Crippen LogP contribution in [-0.4, -0.2) is 43.5 Å². The van der Waals surface area contributed by atoms with E-state index in [1.807, 2.05) is 24.8 Å². The van der Waals surface area contributed by atoms with E-state index in [9.17, 15) is 4.79 Å². The number of hydrogen-bond donors (Lipinski definition) is 0. The van der Waals surface area contributed by atoms with Crippen molar-refractivity contribution in [3.05, 3.63) is 45.2 Å². The normalized spacial score (nSPS) is 14.9. The number of likely N-dealkylation sites (tertiary alicyclic amines) is 1. The number of fused-ring (bicyclic) bond motifs is 1. The summed E-state index contributed by atoms with van der Waals surface area (Å²) in [6.45, 7) is 5.71. The van der Waals surface area contributed by atoms with Gasteiger partial charge in [0.05, 0.1) is 5.02 Å². The number of carbonyl (C=O) groups is 1. The first-order chi connectivity index (χ1) is 14.4. The van der Waals surface area contributed by atoms with Gasteiger partial charge in [0.15, 0.2) is 5.82 Å². The zero-order chi connectivity index (χ0) is 21.3. The summed E-state index contributed by atoms with van der Waals surface area (Å²) in [5.41, 5.74) is 3.58. The topological polar surface area (TPSA) is 63.4 Å². The standard InChI is InChI=1S/C22H25Cl2N5O/c1-14-17(9-10-20(30)28-11-5-3-4-6-12-28)15(2)29-22(25-14)26-21(27-29)18-8-7-16(23)13-19(18)24/h7-8,13H,3-6,9-12H2,1-2H3. The Morgan fingerprint density at radius 2 is 1.80 bits per heavy atom. The molecule has 0 unspecified atom stereocenters. The molecular weight excluding hydrogens is 421 g/mol. The van der Waals surface area contributed by atoms with Gasteiger partial charge >= 0.3 is 0 Å². The predicted octanol–water partition coefficient (Wildman–Crippen LogP) is 5.05. The fraction of sp³-hybridized carbons (Fsp3) is 0.455. The van der Waals surface area contributed by atoms with Gasteiger partial charge in [-0.3, -0.25) is 4.79 Å². The molecule has 1 aliphatic heterocycles. The van der Waals surface area contributed by atoms with Gasteiger partial charge in [0.25, 0.3) is 5.78 Å². The lowest BCUT2D eigenvalue weighted by atomic mass is 10.1. The van der Waals surface area contributed by atoms with E-state index in [2.05, 4.69) is 15.1 Å². The van der Waals surface area contributed by atoms with Crippen LogP contribution in [0.4, 0.5) is 0 Å². The number of amides is 1. The van der Waals surface area contributed by atoms with E-state index >= 15 is 0 Å². The Hall–Kier alpha value is -2.18. The van der Waals surface area contributed by atoms with Gasteiger partial charge in [-0.15, -0.1) is 5.10 Å². The minimum Gasteiger partial charge on any atom is -0.343 e. The van der Waals surface area contributed by atoms with Crippen molar-refractivity contribution >= 4 is 34.9 Å². The molecule has 2 aromatic heterocycles. The first kappa shape index (κ1) is 21.1. The molecule has 0 spiro atoms. The van der Waals surface area contributed by atoms with Crippen molar-refractivity contribution in [2.24, 2.45) is 0 Å². The van der Waals surface area contributed by atoms with Crippen molar-refractivity contribution < 1.29 is 4.79 Å². The first-order valence-corrected chi connectivity index (χ1v) is 11.2. The van der Waals surface area contributed by atoms with E-state index in [4.69, 9.17) is 23.2 Å². The number of aromatic nitrogens is 4. The van der Waals surface area contributed by atoms with Gasteiger partial charge in [-0.1, -0.05) is 36.0 Å². The molecule has 1 saturated heterocycles. The Labute approximate surface area is 186 Å². The average Bonchev–Trinajstić information content (AvgIpc) is 2.94. The second-order valence-electron chi connectivity index (χ2n) is 7.83. The maximum atomic E-state index is 12.7. The third kappa shape index (κ3) is 4.30. The molecule has 0 atom stereocenters. The van der Waals surface area contributed by atoms with E-state index in [1.165, 1.54) is 12.8 Å². The van der Waals surface area contributed by atoms with E-state index in [-0.39, 0.29) is 5.91 Å². The first-order valence-electron chi connectivity index (χ1n) is 10.4. The van der Waals surface area contributed by atoms with Gasteiger partial charge in [0.1, 0.15) is 0 Å². The molecule has 3 heterocycles. The summed E-state index contributed by atoms with van der Waals surface area (Å²) in [7, 11) is 0. The maximum absolute atomic E-state index is 12.7. The molecule has 0 bridgehead atoms. The molecule has 30 heavy (non-hydrogen) atoms. The van der Waals surface area contributed by atoms with Crippen LogP contribution >= 0.6 is 23.2 Å². The highest BCUT2D eigenvalue weighted by molar-refractivity contribution is 6.36. The lowest BCUT2D eigenvalue weighted by molar-refractivity contribution is -0.131. The minimum absolute atomic E-state index is 0.225. The third-order valence-corrected chi connectivity index (χ3v) is 6.32. The Kier molecular flexibility index (Phi) is 6.25. The van der Waals surface area contributed by atoms with Gasteiger partial charge < -0.3 is 4.90 Å². The SMILES string of the molecule is Cc1nc2nc(-c3ccc(Cl)cc3Cl)nn2c(C)c1CCC(=O)N1CCCCCC1. The molecule has 0 radical (unpaired) electrons. The van der Waals surface area contributed by atoms with E-state index in [1.54, 1.807) is 16.6 Å². The van der Waals surface area contributed by atoms with Crippen LogP contribution in [0.2, 0.25) is 10.0 Å². The summed E-state index contributed by atoms with van der Waals surface area (Å²) < 4.78 is 1.74. The molecule has 4 rings (SSSR count). The second-order valence-corrected chi connectivity index (χ2v) is 8.67. The van der Waals surface area contributed by atoms with Crippen LogP contribution < -0.4 is 0 Å². The summed E-state index contributed by atoms with van der Waals surface area (Å²) in [6, 6.07) is 5.25. The molecule has 1 amide bonds. The zero-order valence-electron chi connectivity index (χ0n) is 17.3. The predicted molar refractivity (Wildman–Crippen MR) is 119 cm³/mol. The van der Waals surface area contributed by atoms with Crippen LogP contribution in [0.25, 0.3) is 17.2 Å². The van der Waals surface area contributed by atoms with Crippen LogP contribution in [-0.2, 0) is 11.2 Å². The summed E-state index contributed by atoms with van der Waals surface area (Å²) in [5.74, 6) is 1.25. The number of halogens is 2. The van der Waals surface area contributed by atoms with Crippen LogP contribution in [0.5, 0.6) is 0 Å². The number of rotatable bonds is 4. The van der Waals surface area contributed by atoms with Crippen LogP contribution in [0.1, 0.15) is 49.1 Å². The number of aryl methyl sites for hydroxylation is 2. The lowest BCUT2D eigenvalue weighted by Crippen LogP contribution is -2.32. The van der Waals surface area contributed by atoms with Crippen molar-refractivity contribution in [2.45, 2.75) is 52.4 Å². The second kappa shape index (κ2) is 8.90. The van der Waals surface area contributed by atoms with Gasteiger partial charge in [-0.2, -0.15) is 4.98 Å². The molecule has 8 heteroatoms. The van der Waals surface area contributed by atoms with Crippen LogP contribution in [0, 0.1) is 13.8 Å². The molecule has 0 aliphatic carbocycles. The molecule has 3 aromatic rings. The molecule has 158 valence electrons. The zero-order valence-corrected chi connectivity index (χ0v) is 18.8. The van der Waals surface area contributed by atoms with Gasteiger partial charge in [0.2, 0.25) is 5.91 Å². The lowest BCUT2D eigenvalue weighted by Gasteiger charge is -2.20. The highest BCUT2D eigenvalue weighted by Crippen LogP contribution is 2.29. The highest BCUT2D eigenvalue weighted by atomic mass is 35.5. The van der Waals surface area contributed by atoms with Crippen LogP contribution in [0.15, 0.2) is 18.2 Å². The van der Waals surface area contributed by atoms with Gasteiger partial charge in [-0.05, 0) is 56.9 Å². The summed E-state index contributed by atoms with van der Waals surface area (Å²) in [5, 5.41) is 5.68. The highest BCUT2D eigenvalue weighted by Gasteiger charge is 2.19. The Morgan fingerprint density at radius 1 is 1.07 bits per heavy atom. The molecule has 6 nitrogen and oxygen atoms in total. The number of benzene rings is 1. The molecule has 0 N–H and O–H groups in total. The Balaban J connectivity index is 1.59.